The summed E-state index contributed by atoms with van der Waals surface area (Å²) in [6.45, 7) is -1.20. The third-order valence-electron chi connectivity index (χ3n) is 4.34. The van der Waals surface area contributed by atoms with E-state index in [1.54, 1.807) is 0 Å². The zero-order chi connectivity index (χ0) is 27.5. The lowest BCUT2D eigenvalue weighted by atomic mass is 9.97. The number of hydrogen-bond donors (Lipinski definition) is 3. The SMILES string of the molecule is CC(=O)OCOC(=O)COc1cc(N)ccc1N(CC(=O)O)C(COC(C)=O)(COC(C)=O)C(=O)O. The molecule has 0 aliphatic rings. The first-order valence-corrected chi connectivity index (χ1v) is 10.1. The maximum atomic E-state index is 12.5. The van der Waals surface area contributed by atoms with Gasteiger partial charge in [-0.05, 0) is 12.1 Å². The number of ether oxygens (including phenoxy) is 5. The van der Waals surface area contributed by atoms with E-state index in [0.717, 1.165) is 25.7 Å². The Kier molecular flexibility index (Phi) is 10.9. The van der Waals surface area contributed by atoms with Crippen LogP contribution < -0.4 is 15.4 Å². The van der Waals surface area contributed by atoms with Gasteiger partial charge in [0.25, 0.3) is 0 Å². The molecule has 0 radical (unpaired) electrons. The number of nitrogens with two attached hydrogens (primary N) is 1. The number of benzene rings is 1. The van der Waals surface area contributed by atoms with Gasteiger partial charge in [0.2, 0.25) is 12.3 Å². The van der Waals surface area contributed by atoms with Crippen LogP contribution in [0.2, 0.25) is 0 Å². The quantitative estimate of drug-likeness (QED) is 0.124. The summed E-state index contributed by atoms with van der Waals surface area (Å²) < 4.78 is 24.3. The summed E-state index contributed by atoms with van der Waals surface area (Å²) >= 11 is 0. The van der Waals surface area contributed by atoms with Gasteiger partial charge in [-0.3, -0.25) is 19.2 Å². The van der Waals surface area contributed by atoms with Crippen LogP contribution in [0.5, 0.6) is 5.75 Å². The van der Waals surface area contributed by atoms with E-state index in [-0.39, 0.29) is 17.1 Å². The minimum Gasteiger partial charge on any atom is -0.480 e. The molecule has 15 heteroatoms. The van der Waals surface area contributed by atoms with Crippen molar-refractivity contribution in [1.29, 1.82) is 0 Å². The van der Waals surface area contributed by atoms with Crippen molar-refractivity contribution in [3.05, 3.63) is 18.2 Å². The number of esters is 4. The summed E-state index contributed by atoms with van der Waals surface area (Å²) in [5.41, 5.74) is 3.23. The predicted molar refractivity (Wildman–Crippen MR) is 118 cm³/mol. The van der Waals surface area contributed by atoms with Crippen molar-refractivity contribution in [2.75, 3.05) is 43.8 Å². The second-order valence-corrected chi connectivity index (χ2v) is 7.16. The number of carboxylic acids is 2. The van der Waals surface area contributed by atoms with E-state index in [1.165, 1.54) is 18.2 Å². The van der Waals surface area contributed by atoms with Crippen molar-refractivity contribution in [2.45, 2.75) is 26.3 Å². The molecule has 0 aliphatic carbocycles. The summed E-state index contributed by atoms with van der Waals surface area (Å²) in [4.78, 5) is 70.6. The highest BCUT2D eigenvalue weighted by molar-refractivity contribution is 5.89. The van der Waals surface area contributed by atoms with Crippen LogP contribution in [0.4, 0.5) is 11.4 Å². The molecule has 1 aromatic carbocycles. The Morgan fingerprint density at radius 3 is 1.92 bits per heavy atom. The maximum absolute atomic E-state index is 12.5. The van der Waals surface area contributed by atoms with Gasteiger partial charge < -0.3 is 44.5 Å². The molecule has 0 aliphatic heterocycles. The van der Waals surface area contributed by atoms with Gasteiger partial charge in [0.1, 0.15) is 25.5 Å². The first-order chi connectivity index (χ1) is 16.8. The molecule has 198 valence electrons. The van der Waals surface area contributed by atoms with E-state index in [0.29, 0.717) is 0 Å². The lowest BCUT2D eigenvalue weighted by Crippen LogP contribution is -2.63. The highest BCUT2D eigenvalue weighted by atomic mass is 16.7. The number of nitrogens with zero attached hydrogens (tertiary/aromatic N) is 1. The Morgan fingerprint density at radius 1 is 0.889 bits per heavy atom. The molecule has 0 saturated carbocycles. The van der Waals surface area contributed by atoms with Crippen LogP contribution in [-0.4, -0.2) is 84.7 Å². The summed E-state index contributed by atoms with van der Waals surface area (Å²) in [5, 5.41) is 19.6. The van der Waals surface area contributed by atoms with Crippen molar-refractivity contribution >= 4 is 47.2 Å². The average Bonchev–Trinajstić information content (AvgIpc) is 2.76. The van der Waals surface area contributed by atoms with Gasteiger partial charge in [-0.1, -0.05) is 0 Å². The third-order valence-corrected chi connectivity index (χ3v) is 4.34. The Balaban J connectivity index is 3.50. The fourth-order valence-corrected chi connectivity index (χ4v) is 2.71. The highest BCUT2D eigenvalue weighted by Gasteiger charge is 2.49. The second-order valence-electron chi connectivity index (χ2n) is 7.16. The lowest BCUT2D eigenvalue weighted by Gasteiger charge is -2.40. The van der Waals surface area contributed by atoms with E-state index in [4.69, 9.17) is 19.9 Å². The number of anilines is 2. The largest absolute Gasteiger partial charge is 0.480 e. The van der Waals surface area contributed by atoms with E-state index in [2.05, 4.69) is 9.47 Å². The van der Waals surface area contributed by atoms with Crippen molar-refractivity contribution in [1.82, 2.24) is 0 Å². The first kappa shape index (κ1) is 29.5. The van der Waals surface area contributed by atoms with Gasteiger partial charge in [-0.15, -0.1) is 0 Å². The number of nitrogen functional groups attached to an aromatic ring is 1. The molecule has 1 rings (SSSR count). The molecule has 0 saturated heterocycles. The topological polar surface area (TPSA) is 218 Å². The smallest absolute Gasteiger partial charge is 0.347 e. The molecule has 0 heterocycles. The van der Waals surface area contributed by atoms with Crippen LogP contribution in [0.25, 0.3) is 0 Å². The molecule has 4 N–H and O–H groups in total. The molecule has 0 bridgehead atoms. The van der Waals surface area contributed by atoms with E-state index >= 15 is 0 Å². The van der Waals surface area contributed by atoms with E-state index in [9.17, 15) is 39.0 Å². The Hall–Kier alpha value is -4.56. The molecule has 0 atom stereocenters. The number of carbonyl (C=O) groups is 6. The van der Waals surface area contributed by atoms with Crippen LogP contribution in [0.3, 0.4) is 0 Å². The molecule has 0 unspecified atom stereocenters. The zero-order valence-corrected chi connectivity index (χ0v) is 19.7. The van der Waals surface area contributed by atoms with Crippen LogP contribution in [-0.2, 0) is 47.7 Å². The van der Waals surface area contributed by atoms with E-state index in [1.807, 2.05) is 0 Å². The third kappa shape index (κ3) is 9.00. The van der Waals surface area contributed by atoms with Gasteiger partial charge in [-0.2, -0.15) is 0 Å². The fourth-order valence-electron chi connectivity index (χ4n) is 2.71. The highest BCUT2D eigenvalue weighted by Crippen LogP contribution is 2.36. The molecule has 0 fully saturated rings. The monoisotopic (exact) mass is 514 g/mol. The minimum atomic E-state index is -2.43. The lowest BCUT2D eigenvalue weighted by molar-refractivity contribution is -0.167. The summed E-state index contributed by atoms with van der Waals surface area (Å²) in [7, 11) is 0. The molecule has 0 amide bonds. The van der Waals surface area contributed by atoms with Crippen LogP contribution in [0.15, 0.2) is 18.2 Å². The van der Waals surface area contributed by atoms with Crippen molar-refractivity contribution in [3.8, 4) is 5.75 Å². The van der Waals surface area contributed by atoms with Crippen molar-refractivity contribution in [3.63, 3.8) is 0 Å². The van der Waals surface area contributed by atoms with Gasteiger partial charge >= 0.3 is 35.8 Å². The summed E-state index contributed by atoms with van der Waals surface area (Å²) in [5.74, 6) is -6.91. The van der Waals surface area contributed by atoms with Gasteiger partial charge in [0.15, 0.2) is 6.61 Å². The Morgan fingerprint density at radius 2 is 1.44 bits per heavy atom. The minimum absolute atomic E-state index is 0.0956. The first-order valence-electron chi connectivity index (χ1n) is 10.1. The average molecular weight is 514 g/mol. The zero-order valence-electron chi connectivity index (χ0n) is 19.7. The predicted octanol–water partition coefficient (Wildman–Crippen LogP) is -0.448. The Bertz CT molecular complexity index is 990. The number of carbonyl (C=O) groups excluding carboxylic acids is 4. The molecule has 0 aromatic heterocycles. The number of rotatable bonds is 14. The summed E-state index contributed by atoms with van der Waals surface area (Å²) in [6, 6.07) is 3.67. The molecular weight excluding hydrogens is 488 g/mol. The standard InChI is InChI=1S/C21H26N2O13/c1-12(24)33-9-21(20(30)31,10-34-13(2)25)23(7-18(27)28)16-5-4-15(22)6-17(16)32-8-19(29)36-11-35-14(3)26/h4-6H,7-11,22H2,1-3H3,(H,27,28)(H,30,31). The second kappa shape index (κ2) is 13.4. The van der Waals surface area contributed by atoms with E-state index < -0.39 is 74.5 Å². The molecule has 15 nitrogen and oxygen atoms in total. The van der Waals surface area contributed by atoms with Crippen molar-refractivity contribution < 1.29 is 62.7 Å². The molecular formula is C21H26N2O13. The Labute approximate surface area is 204 Å². The number of aliphatic carboxylic acids is 2. The molecule has 36 heavy (non-hydrogen) atoms. The van der Waals surface area contributed by atoms with Gasteiger partial charge in [0.05, 0.1) is 5.69 Å². The number of carboxylic acid groups (broad SMARTS) is 2. The normalized spacial score (nSPS) is 10.5. The van der Waals surface area contributed by atoms with Crippen LogP contribution in [0.1, 0.15) is 20.8 Å². The molecule has 1 aromatic rings. The maximum Gasteiger partial charge on any atom is 0.347 e. The number of hydrogen-bond acceptors (Lipinski definition) is 13. The van der Waals surface area contributed by atoms with Gasteiger partial charge in [0, 0.05) is 32.5 Å². The fraction of sp³-hybridized carbons (Fsp3) is 0.429. The molecule has 0 spiro atoms. The van der Waals surface area contributed by atoms with Crippen LogP contribution >= 0.6 is 0 Å². The van der Waals surface area contributed by atoms with Gasteiger partial charge in [-0.25, -0.2) is 9.59 Å². The van der Waals surface area contributed by atoms with Crippen LogP contribution in [0, 0.1) is 0 Å². The summed E-state index contributed by atoms with van der Waals surface area (Å²) in [6.07, 6.45) is 0. The van der Waals surface area contributed by atoms with Crippen molar-refractivity contribution in [2.24, 2.45) is 0 Å².